The lowest BCUT2D eigenvalue weighted by Gasteiger charge is -2.29. The van der Waals surface area contributed by atoms with Gasteiger partial charge in [-0.3, -0.25) is 4.79 Å². The maximum Gasteiger partial charge on any atom is 0.221 e. The van der Waals surface area contributed by atoms with Gasteiger partial charge >= 0.3 is 0 Å². The zero-order valence-electron chi connectivity index (χ0n) is 11.4. The second-order valence-electron chi connectivity index (χ2n) is 5.19. The zero-order valence-corrected chi connectivity index (χ0v) is 11.4. The normalized spacial score (nSPS) is 24.6. The molecule has 0 radical (unpaired) electrons. The third-order valence-corrected chi connectivity index (χ3v) is 3.72. The van der Waals surface area contributed by atoms with Crippen molar-refractivity contribution in [2.75, 3.05) is 13.1 Å². The Balaban J connectivity index is 2.07. The van der Waals surface area contributed by atoms with Gasteiger partial charge in [-0.15, -0.1) is 0 Å². The second kappa shape index (κ2) is 8.51. The van der Waals surface area contributed by atoms with Gasteiger partial charge in [-0.1, -0.05) is 33.1 Å². The molecule has 1 rings (SSSR count). The lowest BCUT2D eigenvalue weighted by atomic mass is 9.84. The van der Waals surface area contributed by atoms with Crippen LogP contribution in [0.15, 0.2) is 0 Å². The first-order valence-electron chi connectivity index (χ1n) is 7.26. The van der Waals surface area contributed by atoms with Crippen molar-refractivity contribution in [1.29, 1.82) is 0 Å². The van der Waals surface area contributed by atoms with E-state index in [0.717, 1.165) is 25.4 Å². The van der Waals surface area contributed by atoms with Crippen LogP contribution in [-0.4, -0.2) is 25.0 Å². The van der Waals surface area contributed by atoms with Gasteiger partial charge < -0.3 is 10.6 Å². The van der Waals surface area contributed by atoms with Crippen molar-refractivity contribution in [3.63, 3.8) is 0 Å². The average molecular weight is 240 g/mol. The number of rotatable bonds is 7. The highest BCUT2D eigenvalue weighted by Gasteiger charge is 2.19. The summed E-state index contributed by atoms with van der Waals surface area (Å²) in [7, 11) is 0. The molecule has 0 aromatic rings. The summed E-state index contributed by atoms with van der Waals surface area (Å²) in [6.07, 6.45) is 8.26. The quantitative estimate of drug-likeness (QED) is 0.718. The fourth-order valence-electron chi connectivity index (χ4n) is 2.59. The van der Waals surface area contributed by atoms with Crippen molar-refractivity contribution in [2.24, 2.45) is 5.92 Å². The highest BCUT2D eigenvalue weighted by Crippen LogP contribution is 2.26. The Hall–Kier alpha value is -0.570. The summed E-state index contributed by atoms with van der Waals surface area (Å²) in [6, 6.07) is 0.646. The van der Waals surface area contributed by atoms with Crippen molar-refractivity contribution in [3.8, 4) is 0 Å². The third kappa shape index (κ3) is 6.06. The highest BCUT2D eigenvalue weighted by molar-refractivity contribution is 5.75. The molecule has 3 heteroatoms. The number of carbonyl (C=O) groups excluding carboxylic acids is 1. The first kappa shape index (κ1) is 14.5. The molecule has 2 unspecified atom stereocenters. The number of nitrogens with one attached hydrogen (secondary N) is 2. The third-order valence-electron chi connectivity index (χ3n) is 3.72. The SMILES string of the molecule is CCCNC(=O)CCNC1CCCC(CC)C1. The number of hydrogen-bond acceptors (Lipinski definition) is 2. The van der Waals surface area contributed by atoms with Crippen LogP contribution in [0.5, 0.6) is 0 Å². The van der Waals surface area contributed by atoms with Gasteiger partial charge in [0.2, 0.25) is 5.91 Å². The molecule has 1 saturated carbocycles. The summed E-state index contributed by atoms with van der Waals surface area (Å²) in [6.45, 7) is 5.99. The summed E-state index contributed by atoms with van der Waals surface area (Å²) in [4.78, 5) is 11.4. The maximum atomic E-state index is 11.4. The molecule has 0 aliphatic heterocycles. The van der Waals surface area contributed by atoms with E-state index in [1.165, 1.54) is 32.1 Å². The molecule has 0 aromatic heterocycles. The summed E-state index contributed by atoms with van der Waals surface area (Å²) in [5.41, 5.74) is 0. The Morgan fingerprint density at radius 3 is 2.76 bits per heavy atom. The van der Waals surface area contributed by atoms with Gasteiger partial charge in [-0.2, -0.15) is 0 Å². The van der Waals surface area contributed by atoms with Crippen LogP contribution in [0, 0.1) is 5.92 Å². The number of carbonyl (C=O) groups is 1. The molecule has 0 spiro atoms. The Kier molecular flexibility index (Phi) is 7.25. The van der Waals surface area contributed by atoms with E-state index in [1.54, 1.807) is 0 Å². The van der Waals surface area contributed by atoms with Gasteiger partial charge in [0, 0.05) is 25.6 Å². The topological polar surface area (TPSA) is 41.1 Å². The smallest absolute Gasteiger partial charge is 0.221 e. The van der Waals surface area contributed by atoms with Crippen LogP contribution in [-0.2, 0) is 4.79 Å². The van der Waals surface area contributed by atoms with Crippen molar-refractivity contribution < 1.29 is 4.79 Å². The molecule has 100 valence electrons. The standard InChI is InChI=1S/C14H28N2O/c1-3-9-16-14(17)8-10-15-13-7-5-6-12(4-2)11-13/h12-13,15H,3-11H2,1-2H3,(H,16,17). The summed E-state index contributed by atoms with van der Waals surface area (Å²) >= 11 is 0. The molecule has 0 saturated heterocycles. The van der Waals surface area contributed by atoms with Gasteiger partial charge in [0.25, 0.3) is 0 Å². The van der Waals surface area contributed by atoms with E-state index < -0.39 is 0 Å². The fraction of sp³-hybridized carbons (Fsp3) is 0.929. The molecule has 0 heterocycles. The van der Waals surface area contributed by atoms with E-state index >= 15 is 0 Å². The summed E-state index contributed by atoms with van der Waals surface area (Å²) < 4.78 is 0. The van der Waals surface area contributed by atoms with Crippen LogP contribution in [0.2, 0.25) is 0 Å². The molecule has 2 N–H and O–H groups in total. The minimum absolute atomic E-state index is 0.183. The molecule has 3 nitrogen and oxygen atoms in total. The first-order valence-corrected chi connectivity index (χ1v) is 7.26. The van der Waals surface area contributed by atoms with Crippen molar-refractivity contribution >= 4 is 5.91 Å². The van der Waals surface area contributed by atoms with Crippen molar-refractivity contribution in [2.45, 2.75) is 64.8 Å². The summed E-state index contributed by atoms with van der Waals surface area (Å²) in [5.74, 6) is 1.08. The van der Waals surface area contributed by atoms with Gasteiger partial charge in [-0.25, -0.2) is 0 Å². The van der Waals surface area contributed by atoms with Crippen LogP contribution in [0.3, 0.4) is 0 Å². The van der Waals surface area contributed by atoms with E-state index in [9.17, 15) is 4.79 Å². The molecule has 0 bridgehead atoms. The second-order valence-corrected chi connectivity index (χ2v) is 5.19. The molecule has 1 aliphatic carbocycles. The van der Waals surface area contributed by atoms with Gasteiger partial charge in [0.15, 0.2) is 0 Å². The molecule has 1 aliphatic rings. The van der Waals surface area contributed by atoms with Crippen molar-refractivity contribution in [3.05, 3.63) is 0 Å². The van der Waals surface area contributed by atoms with Crippen LogP contribution in [0.1, 0.15) is 58.8 Å². The lowest BCUT2D eigenvalue weighted by Crippen LogP contribution is -2.36. The van der Waals surface area contributed by atoms with Crippen LogP contribution < -0.4 is 10.6 Å². The Morgan fingerprint density at radius 2 is 2.06 bits per heavy atom. The summed E-state index contributed by atoms with van der Waals surface area (Å²) in [5, 5.41) is 6.44. The maximum absolute atomic E-state index is 11.4. The van der Waals surface area contributed by atoms with Crippen LogP contribution >= 0.6 is 0 Å². The Bertz CT molecular complexity index is 218. The Labute approximate surface area is 106 Å². The van der Waals surface area contributed by atoms with E-state index in [1.807, 2.05) is 0 Å². The van der Waals surface area contributed by atoms with Crippen molar-refractivity contribution in [1.82, 2.24) is 10.6 Å². The van der Waals surface area contributed by atoms with Crippen LogP contribution in [0.4, 0.5) is 0 Å². The molecule has 1 fully saturated rings. The highest BCUT2D eigenvalue weighted by atomic mass is 16.1. The van der Waals surface area contributed by atoms with Gasteiger partial charge in [0.1, 0.15) is 0 Å². The average Bonchev–Trinajstić information content (AvgIpc) is 2.36. The number of hydrogen-bond donors (Lipinski definition) is 2. The van der Waals surface area contributed by atoms with E-state index in [-0.39, 0.29) is 5.91 Å². The van der Waals surface area contributed by atoms with Crippen LogP contribution in [0.25, 0.3) is 0 Å². The minimum atomic E-state index is 0.183. The molecular weight excluding hydrogens is 212 g/mol. The molecule has 2 atom stereocenters. The molecule has 17 heavy (non-hydrogen) atoms. The lowest BCUT2D eigenvalue weighted by molar-refractivity contribution is -0.121. The largest absolute Gasteiger partial charge is 0.356 e. The van der Waals surface area contributed by atoms with Gasteiger partial charge in [0.05, 0.1) is 0 Å². The van der Waals surface area contributed by atoms with E-state index in [2.05, 4.69) is 24.5 Å². The number of amides is 1. The predicted molar refractivity (Wildman–Crippen MR) is 72.0 cm³/mol. The minimum Gasteiger partial charge on any atom is -0.356 e. The molecule has 1 amide bonds. The monoisotopic (exact) mass is 240 g/mol. The van der Waals surface area contributed by atoms with E-state index in [0.29, 0.717) is 12.5 Å². The van der Waals surface area contributed by atoms with E-state index in [4.69, 9.17) is 0 Å². The fourth-order valence-corrected chi connectivity index (χ4v) is 2.59. The predicted octanol–water partition coefficient (Wildman–Crippen LogP) is 2.46. The molecule has 0 aromatic carbocycles. The first-order chi connectivity index (χ1) is 8.26. The molecular formula is C14H28N2O. The zero-order chi connectivity index (χ0) is 12.5. The van der Waals surface area contributed by atoms with Gasteiger partial charge in [-0.05, 0) is 25.2 Å². The Morgan fingerprint density at radius 1 is 1.24 bits per heavy atom.